The quantitative estimate of drug-likeness (QED) is 0.663. The van der Waals surface area contributed by atoms with Crippen molar-refractivity contribution in [3.05, 3.63) is 23.2 Å². The molecule has 0 amide bonds. The molecule has 0 aliphatic rings. The van der Waals surface area contributed by atoms with Gasteiger partial charge in [-0.3, -0.25) is 0 Å². The van der Waals surface area contributed by atoms with E-state index in [9.17, 15) is 0 Å². The van der Waals surface area contributed by atoms with Crippen molar-refractivity contribution in [2.75, 3.05) is 0 Å². The number of nitrogens with zero attached hydrogens (tertiary/aromatic N) is 5. The normalized spacial score (nSPS) is 10.5. The maximum absolute atomic E-state index is 5.71. The van der Waals surface area contributed by atoms with E-state index < -0.39 is 0 Å². The second-order valence-electron chi connectivity index (χ2n) is 2.91. The molecule has 2 aromatic heterocycles. The Kier molecular flexibility index (Phi) is 2.17. The summed E-state index contributed by atoms with van der Waals surface area (Å²) in [6.07, 6.45) is 3.32. The van der Waals surface area contributed by atoms with E-state index in [1.54, 1.807) is 24.1 Å². The molecule has 14 heavy (non-hydrogen) atoms. The standard InChI is InChI=1S/C8H8ClN5/c1-5-3-10-8(9)12-7(5)6-4-11-13-14(6)2/h3-4H,1-2H3. The molecule has 2 rings (SSSR count). The first-order valence-corrected chi connectivity index (χ1v) is 4.40. The number of hydrogen-bond acceptors (Lipinski definition) is 4. The lowest BCUT2D eigenvalue weighted by atomic mass is 10.2. The van der Waals surface area contributed by atoms with Crippen molar-refractivity contribution in [3.63, 3.8) is 0 Å². The molecule has 72 valence electrons. The van der Waals surface area contributed by atoms with Gasteiger partial charge in [-0.2, -0.15) is 0 Å². The molecule has 0 aromatic carbocycles. The van der Waals surface area contributed by atoms with E-state index in [1.807, 2.05) is 6.92 Å². The minimum Gasteiger partial charge on any atom is -0.246 e. The second kappa shape index (κ2) is 3.34. The molecule has 0 aliphatic carbocycles. The van der Waals surface area contributed by atoms with Crippen LogP contribution in [0.15, 0.2) is 12.4 Å². The van der Waals surface area contributed by atoms with Crippen molar-refractivity contribution >= 4 is 11.6 Å². The van der Waals surface area contributed by atoms with Gasteiger partial charge in [-0.25, -0.2) is 14.6 Å². The minimum absolute atomic E-state index is 0.229. The second-order valence-corrected chi connectivity index (χ2v) is 3.25. The summed E-state index contributed by atoms with van der Waals surface area (Å²) >= 11 is 5.71. The Hall–Kier alpha value is -1.49. The van der Waals surface area contributed by atoms with Crippen LogP contribution in [-0.2, 0) is 7.05 Å². The number of aromatic nitrogens is 5. The third-order valence-electron chi connectivity index (χ3n) is 1.90. The molecule has 0 aliphatic heterocycles. The predicted octanol–water partition coefficient (Wildman–Crippen LogP) is 1.23. The number of hydrogen-bond donors (Lipinski definition) is 0. The summed E-state index contributed by atoms with van der Waals surface area (Å²) < 4.78 is 1.64. The molecule has 0 spiro atoms. The molecule has 0 fully saturated rings. The highest BCUT2D eigenvalue weighted by molar-refractivity contribution is 6.28. The minimum atomic E-state index is 0.229. The molecular weight excluding hydrogens is 202 g/mol. The average molecular weight is 210 g/mol. The molecule has 2 heterocycles. The Morgan fingerprint density at radius 2 is 2.14 bits per heavy atom. The van der Waals surface area contributed by atoms with Crippen molar-refractivity contribution < 1.29 is 0 Å². The highest BCUT2D eigenvalue weighted by atomic mass is 35.5. The van der Waals surface area contributed by atoms with Crippen LogP contribution in [-0.4, -0.2) is 25.0 Å². The average Bonchev–Trinajstić information content (AvgIpc) is 2.56. The maximum Gasteiger partial charge on any atom is 0.222 e. The Morgan fingerprint density at radius 3 is 2.79 bits per heavy atom. The van der Waals surface area contributed by atoms with Gasteiger partial charge in [0.2, 0.25) is 5.28 Å². The first-order chi connectivity index (χ1) is 6.68. The first-order valence-electron chi connectivity index (χ1n) is 4.02. The molecule has 0 saturated carbocycles. The fourth-order valence-corrected chi connectivity index (χ4v) is 1.32. The molecule has 0 saturated heterocycles. The highest BCUT2D eigenvalue weighted by Gasteiger charge is 2.09. The van der Waals surface area contributed by atoms with Crippen LogP contribution in [0.4, 0.5) is 0 Å². The Bertz CT molecular complexity index is 465. The molecule has 0 radical (unpaired) electrons. The van der Waals surface area contributed by atoms with Gasteiger partial charge >= 0.3 is 0 Å². The number of rotatable bonds is 1. The van der Waals surface area contributed by atoms with E-state index in [4.69, 9.17) is 11.6 Å². The largest absolute Gasteiger partial charge is 0.246 e. The van der Waals surface area contributed by atoms with Crippen LogP contribution in [0.5, 0.6) is 0 Å². The fraction of sp³-hybridized carbons (Fsp3) is 0.250. The summed E-state index contributed by atoms with van der Waals surface area (Å²) in [6.45, 7) is 1.92. The summed E-state index contributed by atoms with van der Waals surface area (Å²) in [5.41, 5.74) is 2.53. The SMILES string of the molecule is Cc1cnc(Cl)nc1-c1cnnn1C. The molecular formula is C8H8ClN5. The molecule has 6 heteroatoms. The van der Waals surface area contributed by atoms with Crippen LogP contribution in [0, 0.1) is 6.92 Å². The third kappa shape index (κ3) is 1.46. The molecule has 0 N–H and O–H groups in total. The van der Waals surface area contributed by atoms with Gasteiger partial charge in [-0.15, -0.1) is 5.10 Å². The summed E-state index contributed by atoms with van der Waals surface area (Å²) in [7, 11) is 1.80. The van der Waals surface area contributed by atoms with Crippen LogP contribution in [0.1, 0.15) is 5.56 Å². The van der Waals surface area contributed by atoms with Gasteiger partial charge in [-0.1, -0.05) is 5.21 Å². The number of aryl methyl sites for hydroxylation is 2. The van der Waals surface area contributed by atoms with Crippen molar-refractivity contribution in [3.8, 4) is 11.4 Å². The Labute approximate surface area is 85.8 Å². The smallest absolute Gasteiger partial charge is 0.222 e. The van der Waals surface area contributed by atoms with Crippen molar-refractivity contribution in [2.24, 2.45) is 7.05 Å². The molecule has 2 aromatic rings. The van der Waals surface area contributed by atoms with E-state index in [0.717, 1.165) is 17.0 Å². The van der Waals surface area contributed by atoms with Crippen molar-refractivity contribution in [1.29, 1.82) is 0 Å². The Balaban J connectivity index is 2.62. The van der Waals surface area contributed by atoms with Gasteiger partial charge in [-0.05, 0) is 24.1 Å². The highest BCUT2D eigenvalue weighted by Crippen LogP contribution is 2.19. The predicted molar refractivity (Wildman–Crippen MR) is 51.8 cm³/mol. The number of halogens is 1. The van der Waals surface area contributed by atoms with E-state index in [2.05, 4.69) is 20.3 Å². The van der Waals surface area contributed by atoms with Gasteiger partial charge in [0.1, 0.15) is 5.69 Å². The molecule has 0 unspecified atom stereocenters. The van der Waals surface area contributed by atoms with Gasteiger partial charge in [0.25, 0.3) is 0 Å². The van der Waals surface area contributed by atoms with Gasteiger partial charge < -0.3 is 0 Å². The molecule has 5 nitrogen and oxygen atoms in total. The summed E-state index contributed by atoms with van der Waals surface area (Å²) in [5.74, 6) is 0. The third-order valence-corrected chi connectivity index (χ3v) is 2.08. The van der Waals surface area contributed by atoms with Gasteiger partial charge in [0, 0.05) is 13.2 Å². The summed E-state index contributed by atoms with van der Waals surface area (Å²) in [5, 5.41) is 7.83. The summed E-state index contributed by atoms with van der Waals surface area (Å²) in [6, 6.07) is 0. The topological polar surface area (TPSA) is 56.5 Å². The zero-order valence-corrected chi connectivity index (χ0v) is 8.52. The zero-order chi connectivity index (χ0) is 10.1. The van der Waals surface area contributed by atoms with Crippen molar-refractivity contribution in [1.82, 2.24) is 25.0 Å². The van der Waals surface area contributed by atoms with E-state index in [0.29, 0.717) is 0 Å². The molecule has 0 bridgehead atoms. The lowest BCUT2D eigenvalue weighted by Gasteiger charge is -2.03. The lowest BCUT2D eigenvalue weighted by Crippen LogP contribution is -1.98. The fourth-order valence-electron chi connectivity index (χ4n) is 1.18. The van der Waals surface area contributed by atoms with Crippen LogP contribution in [0.2, 0.25) is 5.28 Å². The van der Waals surface area contributed by atoms with E-state index in [-0.39, 0.29) is 5.28 Å². The lowest BCUT2D eigenvalue weighted by molar-refractivity contribution is 0.718. The monoisotopic (exact) mass is 209 g/mol. The molecule has 0 atom stereocenters. The van der Waals surface area contributed by atoms with E-state index >= 15 is 0 Å². The van der Waals surface area contributed by atoms with Crippen LogP contribution >= 0.6 is 11.6 Å². The van der Waals surface area contributed by atoms with Crippen LogP contribution in [0.25, 0.3) is 11.4 Å². The zero-order valence-electron chi connectivity index (χ0n) is 7.77. The Morgan fingerprint density at radius 1 is 1.36 bits per heavy atom. The van der Waals surface area contributed by atoms with Crippen LogP contribution in [0.3, 0.4) is 0 Å². The van der Waals surface area contributed by atoms with Gasteiger partial charge in [0.15, 0.2) is 0 Å². The van der Waals surface area contributed by atoms with Crippen LogP contribution < -0.4 is 0 Å². The maximum atomic E-state index is 5.71. The first kappa shape index (κ1) is 9.08. The van der Waals surface area contributed by atoms with Crippen molar-refractivity contribution in [2.45, 2.75) is 6.92 Å². The van der Waals surface area contributed by atoms with E-state index in [1.165, 1.54) is 0 Å². The summed E-state index contributed by atoms with van der Waals surface area (Å²) in [4.78, 5) is 8.01. The van der Waals surface area contributed by atoms with Gasteiger partial charge in [0.05, 0.1) is 11.9 Å².